The fraction of sp³-hybridized carbons (Fsp3) is 0.333. The van der Waals surface area contributed by atoms with Gasteiger partial charge in [-0.1, -0.05) is 24.9 Å². The van der Waals surface area contributed by atoms with E-state index in [2.05, 4.69) is 17.5 Å². The van der Waals surface area contributed by atoms with Crippen LogP contribution in [0, 0.1) is 0 Å². The predicted molar refractivity (Wildman–Crippen MR) is 121 cm³/mol. The van der Waals surface area contributed by atoms with Crippen molar-refractivity contribution < 1.29 is 31.1 Å². The molecule has 0 aliphatic rings. The summed E-state index contributed by atoms with van der Waals surface area (Å²) in [5.74, 6) is -0.184. The Morgan fingerprint density at radius 3 is 2.45 bits per heavy atom. The third-order valence-corrected chi connectivity index (χ3v) is 5.73. The summed E-state index contributed by atoms with van der Waals surface area (Å²) in [7, 11) is -4.13. The number of nitrogens with zero attached hydrogens (tertiary/aromatic N) is 2. The first-order valence-electron chi connectivity index (χ1n) is 9.81. The molecule has 0 aliphatic heterocycles. The van der Waals surface area contributed by atoms with Gasteiger partial charge >= 0.3 is 6.18 Å². The average Bonchev–Trinajstić information content (AvgIpc) is 2.72. The minimum absolute atomic E-state index is 0.258. The van der Waals surface area contributed by atoms with Crippen LogP contribution in [0.25, 0.3) is 0 Å². The van der Waals surface area contributed by atoms with Gasteiger partial charge in [0.2, 0.25) is 10.0 Å². The number of hydrazone groups is 1. The highest BCUT2D eigenvalue weighted by Crippen LogP contribution is 2.36. The van der Waals surface area contributed by atoms with Crippen LogP contribution in [0.2, 0.25) is 5.02 Å². The monoisotopic (exact) mass is 505 g/mol. The number of anilines is 1. The first-order valence-corrected chi connectivity index (χ1v) is 12.0. The van der Waals surface area contributed by atoms with Crippen LogP contribution in [0.4, 0.5) is 18.9 Å². The Labute approximate surface area is 195 Å². The van der Waals surface area contributed by atoms with Crippen molar-refractivity contribution in [3.05, 3.63) is 58.6 Å². The van der Waals surface area contributed by atoms with Gasteiger partial charge in [-0.15, -0.1) is 0 Å². The highest BCUT2D eigenvalue weighted by Gasteiger charge is 2.33. The number of benzene rings is 2. The van der Waals surface area contributed by atoms with E-state index in [-0.39, 0.29) is 5.02 Å². The molecule has 0 fully saturated rings. The molecule has 0 atom stereocenters. The van der Waals surface area contributed by atoms with E-state index in [1.807, 2.05) is 0 Å². The third kappa shape index (κ3) is 8.25. The van der Waals surface area contributed by atoms with Crippen LogP contribution in [-0.4, -0.2) is 39.9 Å². The van der Waals surface area contributed by atoms with Crippen molar-refractivity contribution in [3.8, 4) is 5.75 Å². The largest absolute Gasteiger partial charge is 0.494 e. The molecule has 12 heteroatoms. The summed E-state index contributed by atoms with van der Waals surface area (Å²) < 4.78 is 69.4. The number of hydrogen-bond donors (Lipinski definition) is 1. The second-order valence-corrected chi connectivity index (χ2v) is 9.31. The van der Waals surface area contributed by atoms with E-state index >= 15 is 0 Å². The van der Waals surface area contributed by atoms with Gasteiger partial charge in [-0.3, -0.25) is 9.10 Å². The summed E-state index contributed by atoms with van der Waals surface area (Å²) in [5.41, 5.74) is 1.22. The molecular weight excluding hydrogens is 483 g/mol. The Hall–Kier alpha value is -2.79. The Balaban J connectivity index is 2.08. The molecule has 2 aromatic rings. The smallest absolute Gasteiger partial charge is 0.416 e. The van der Waals surface area contributed by atoms with Crippen LogP contribution >= 0.6 is 11.6 Å². The molecule has 0 heterocycles. The quantitative estimate of drug-likeness (QED) is 0.293. The van der Waals surface area contributed by atoms with E-state index < -0.39 is 39.9 Å². The number of alkyl halides is 3. The molecule has 0 aliphatic carbocycles. The van der Waals surface area contributed by atoms with Gasteiger partial charge in [-0.2, -0.15) is 18.3 Å². The van der Waals surface area contributed by atoms with Gasteiger partial charge in [0, 0.05) is 0 Å². The summed E-state index contributed by atoms with van der Waals surface area (Å²) in [4.78, 5) is 12.2. The maximum absolute atomic E-state index is 13.0. The van der Waals surface area contributed by atoms with Crippen LogP contribution < -0.4 is 14.5 Å². The molecule has 0 radical (unpaired) electrons. The van der Waals surface area contributed by atoms with Crippen molar-refractivity contribution >= 4 is 39.4 Å². The molecule has 0 unspecified atom stereocenters. The second-order valence-electron chi connectivity index (χ2n) is 7.00. The van der Waals surface area contributed by atoms with Crippen molar-refractivity contribution in [1.82, 2.24) is 5.43 Å². The molecular formula is C21H23ClF3N3O4S. The van der Waals surface area contributed by atoms with Crippen molar-refractivity contribution in [2.75, 3.05) is 23.7 Å². The molecule has 0 saturated carbocycles. The van der Waals surface area contributed by atoms with Crippen molar-refractivity contribution in [1.29, 1.82) is 0 Å². The summed E-state index contributed by atoms with van der Waals surface area (Å²) in [6.07, 6.45) is -0.682. The lowest BCUT2D eigenvalue weighted by atomic mass is 10.2. The molecule has 7 nitrogen and oxygen atoms in total. The molecule has 1 N–H and O–H groups in total. The number of rotatable bonds is 10. The lowest BCUT2D eigenvalue weighted by Crippen LogP contribution is -2.39. The van der Waals surface area contributed by atoms with E-state index in [4.69, 9.17) is 16.3 Å². The Kier molecular flexibility index (Phi) is 9.12. The summed E-state index contributed by atoms with van der Waals surface area (Å²) in [6.45, 7) is 1.84. The van der Waals surface area contributed by atoms with E-state index in [0.29, 0.717) is 28.3 Å². The van der Waals surface area contributed by atoms with Gasteiger partial charge in [0.15, 0.2) is 0 Å². The van der Waals surface area contributed by atoms with Gasteiger partial charge in [0.25, 0.3) is 5.91 Å². The second kappa shape index (κ2) is 11.4. The Morgan fingerprint density at radius 2 is 1.88 bits per heavy atom. The van der Waals surface area contributed by atoms with Crippen LogP contribution in [-0.2, 0) is 21.0 Å². The topological polar surface area (TPSA) is 88.1 Å². The zero-order chi connectivity index (χ0) is 24.6. The molecule has 1 amide bonds. The van der Waals surface area contributed by atoms with Crippen molar-refractivity contribution in [2.24, 2.45) is 5.10 Å². The van der Waals surface area contributed by atoms with Crippen molar-refractivity contribution in [3.63, 3.8) is 0 Å². The number of nitrogens with one attached hydrogen (secondary N) is 1. The number of unbranched alkanes of at least 4 members (excludes halogenated alkanes) is 1. The van der Waals surface area contributed by atoms with Crippen LogP contribution in [0.15, 0.2) is 47.6 Å². The number of carbonyl (C=O) groups excluding carboxylic acids is 1. The van der Waals surface area contributed by atoms with E-state index in [1.165, 1.54) is 6.21 Å². The minimum Gasteiger partial charge on any atom is -0.494 e. The fourth-order valence-electron chi connectivity index (χ4n) is 2.59. The number of sulfonamides is 1. The lowest BCUT2D eigenvalue weighted by Gasteiger charge is -2.23. The van der Waals surface area contributed by atoms with Crippen molar-refractivity contribution in [2.45, 2.75) is 25.9 Å². The lowest BCUT2D eigenvalue weighted by molar-refractivity contribution is -0.137. The van der Waals surface area contributed by atoms with Gasteiger partial charge in [0.05, 0.1) is 35.4 Å². The first-order chi connectivity index (χ1) is 15.4. The van der Waals surface area contributed by atoms with E-state index in [1.54, 1.807) is 24.3 Å². The highest BCUT2D eigenvalue weighted by atomic mass is 35.5. The molecule has 2 rings (SSSR count). The summed E-state index contributed by atoms with van der Waals surface area (Å²) in [6, 6.07) is 9.11. The summed E-state index contributed by atoms with van der Waals surface area (Å²) in [5, 5.41) is 3.50. The van der Waals surface area contributed by atoms with Gasteiger partial charge < -0.3 is 4.74 Å². The van der Waals surface area contributed by atoms with Crippen LogP contribution in [0.1, 0.15) is 30.9 Å². The zero-order valence-corrected chi connectivity index (χ0v) is 19.5. The fourth-order valence-corrected chi connectivity index (χ4v) is 3.72. The van der Waals surface area contributed by atoms with Gasteiger partial charge in [-0.25, -0.2) is 13.8 Å². The maximum atomic E-state index is 13.0. The molecule has 180 valence electrons. The molecule has 0 bridgehead atoms. The highest BCUT2D eigenvalue weighted by molar-refractivity contribution is 7.92. The van der Waals surface area contributed by atoms with Gasteiger partial charge in [-0.05, 0) is 54.4 Å². The van der Waals surface area contributed by atoms with E-state index in [9.17, 15) is 26.4 Å². The van der Waals surface area contributed by atoms with Gasteiger partial charge in [0.1, 0.15) is 12.3 Å². The minimum atomic E-state index is -4.72. The normalized spacial score (nSPS) is 12.1. The third-order valence-electron chi connectivity index (χ3n) is 4.28. The molecule has 0 saturated heterocycles. The number of carbonyl (C=O) groups is 1. The first kappa shape index (κ1) is 26.5. The standard InChI is InChI=1S/C21H23ClF3N3O4S/c1-3-4-11-32-17-8-5-15(6-9-17)13-26-27-20(29)14-28(33(2,30)31)19-12-16(21(23,24)25)7-10-18(19)22/h5-10,12-13H,3-4,11,14H2,1-2H3,(H,27,29)/b26-13-. The molecule has 2 aromatic carbocycles. The Morgan fingerprint density at radius 1 is 1.21 bits per heavy atom. The Bertz CT molecular complexity index is 1090. The SMILES string of the molecule is CCCCOc1ccc(/C=N\NC(=O)CN(c2cc(C(F)(F)F)ccc2Cl)S(C)(=O)=O)cc1. The van der Waals surface area contributed by atoms with Crippen LogP contribution in [0.3, 0.4) is 0 Å². The number of ether oxygens (including phenoxy) is 1. The molecule has 33 heavy (non-hydrogen) atoms. The number of halogens is 4. The number of hydrogen-bond acceptors (Lipinski definition) is 5. The molecule has 0 spiro atoms. The molecule has 0 aromatic heterocycles. The maximum Gasteiger partial charge on any atom is 0.416 e. The number of amides is 1. The van der Waals surface area contributed by atoms with E-state index in [0.717, 1.165) is 31.2 Å². The average molecular weight is 506 g/mol. The zero-order valence-electron chi connectivity index (χ0n) is 17.9. The predicted octanol–water partition coefficient (Wildman–Crippen LogP) is 4.45. The summed E-state index contributed by atoms with van der Waals surface area (Å²) >= 11 is 5.92. The van der Waals surface area contributed by atoms with Crippen LogP contribution in [0.5, 0.6) is 5.75 Å².